The molecule has 0 unspecified atom stereocenters. The summed E-state index contributed by atoms with van der Waals surface area (Å²) in [4.78, 5) is 27.6. The predicted molar refractivity (Wildman–Crippen MR) is 157 cm³/mol. The topological polar surface area (TPSA) is 124 Å². The average molecular weight is 590 g/mol. The van der Waals surface area contributed by atoms with Gasteiger partial charge in [-0.05, 0) is 23.3 Å². The van der Waals surface area contributed by atoms with Crippen molar-refractivity contribution in [1.82, 2.24) is 0 Å². The van der Waals surface area contributed by atoms with Crippen LogP contribution in [0, 0.1) is 5.92 Å². The Hall–Kier alpha value is -4.54. The van der Waals surface area contributed by atoms with E-state index in [9.17, 15) is 19.8 Å². The fraction of sp³-hybridized carbons (Fsp3) is 0.333. The van der Waals surface area contributed by atoms with Crippen LogP contribution >= 0.6 is 0 Å². The van der Waals surface area contributed by atoms with E-state index in [0.717, 1.165) is 0 Å². The molecule has 10 heteroatoms. The van der Waals surface area contributed by atoms with E-state index in [-0.39, 0.29) is 17.9 Å². The first kappa shape index (κ1) is 29.9. The zero-order chi connectivity index (χ0) is 30.9. The maximum absolute atomic E-state index is 13.6. The van der Waals surface area contributed by atoms with Crippen molar-refractivity contribution in [2.24, 2.45) is 5.92 Å². The molecule has 0 radical (unpaired) electrons. The quantitative estimate of drug-likeness (QED) is 0.284. The Kier molecular flexibility index (Phi) is 8.09. The van der Waals surface area contributed by atoms with E-state index in [1.165, 1.54) is 34.5 Å². The fourth-order valence-corrected chi connectivity index (χ4v) is 6.99. The number of ether oxygens (including phenoxy) is 5. The number of hydrogen-bond donors (Lipinski definition) is 2. The Morgan fingerprint density at radius 1 is 0.884 bits per heavy atom. The molecule has 0 bridgehead atoms. The van der Waals surface area contributed by atoms with Crippen LogP contribution in [-0.4, -0.2) is 70.3 Å². The summed E-state index contributed by atoms with van der Waals surface area (Å²) in [6.45, 7) is 0.0662. The van der Waals surface area contributed by atoms with Gasteiger partial charge >= 0.3 is 11.9 Å². The number of aliphatic hydroxyl groups is 2. The van der Waals surface area contributed by atoms with Gasteiger partial charge in [0.25, 0.3) is 0 Å². The van der Waals surface area contributed by atoms with Gasteiger partial charge < -0.3 is 38.8 Å². The van der Waals surface area contributed by atoms with Crippen molar-refractivity contribution in [3.63, 3.8) is 0 Å². The summed E-state index contributed by atoms with van der Waals surface area (Å²) >= 11 is 0. The van der Waals surface area contributed by atoms with Crippen LogP contribution in [0.15, 0.2) is 78.9 Å². The van der Waals surface area contributed by atoms with Gasteiger partial charge in [0.2, 0.25) is 0 Å². The van der Waals surface area contributed by atoms with Crippen molar-refractivity contribution in [2.45, 2.75) is 23.2 Å². The van der Waals surface area contributed by atoms with Gasteiger partial charge in [-0.2, -0.15) is 0 Å². The third-order valence-corrected chi connectivity index (χ3v) is 8.67. The molecule has 10 nitrogen and oxygen atoms in total. The third-order valence-electron chi connectivity index (χ3n) is 8.67. The minimum atomic E-state index is -2.13. The van der Waals surface area contributed by atoms with Gasteiger partial charge in [0.05, 0.1) is 52.7 Å². The summed E-state index contributed by atoms with van der Waals surface area (Å²) in [7, 11) is 7.06. The SMILES string of the molecule is COC(=O)/C=C/CN1c2cc(OC)cc(OC)c2[C@]2(O)[C@H](O)[C@H](C(=O)OC)[C@@H](c3ccccc3)[C@]12c1ccc(OC)cc1. The molecule has 1 aliphatic carbocycles. The molecule has 3 aromatic carbocycles. The van der Waals surface area contributed by atoms with Crippen molar-refractivity contribution in [1.29, 1.82) is 0 Å². The second-order valence-corrected chi connectivity index (χ2v) is 10.4. The Bertz CT molecular complexity index is 1520. The van der Waals surface area contributed by atoms with Crippen LogP contribution in [0.5, 0.6) is 17.2 Å². The lowest BCUT2D eigenvalue weighted by molar-refractivity contribution is -0.154. The minimum absolute atomic E-state index is 0.0662. The summed E-state index contributed by atoms with van der Waals surface area (Å²) in [5, 5.41) is 25.5. The number of methoxy groups -OCH3 is 5. The normalized spacial score (nSPS) is 25.7. The number of benzene rings is 3. The number of esters is 2. The Labute approximate surface area is 250 Å². The number of rotatable bonds is 9. The zero-order valence-electron chi connectivity index (χ0n) is 24.6. The number of hydrogen-bond acceptors (Lipinski definition) is 10. The monoisotopic (exact) mass is 589 g/mol. The molecule has 43 heavy (non-hydrogen) atoms. The summed E-state index contributed by atoms with van der Waals surface area (Å²) in [5.74, 6) is -2.02. The molecule has 0 saturated heterocycles. The summed E-state index contributed by atoms with van der Waals surface area (Å²) in [6, 6.07) is 19.7. The molecular weight excluding hydrogens is 554 g/mol. The van der Waals surface area contributed by atoms with Crippen molar-refractivity contribution < 1.29 is 43.5 Å². The minimum Gasteiger partial charge on any atom is -0.497 e. The van der Waals surface area contributed by atoms with Crippen molar-refractivity contribution in [3.05, 3.63) is 95.6 Å². The highest BCUT2D eigenvalue weighted by atomic mass is 16.5. The van der Waals surface area contributed by atoms with Crippen molar-refractivity contribution in [3.8, 4) is 17.2 Å². The second-order valence-electron chi connectivity index (χ2n) is 10.4. The molecule has 226 valence electrons. The van der Waals surface area contributed by atoms with Crippen LogP contribution in [0.2, 0.25) is 0 Å². The lowest BCUT2D eigenvalue weighted by atomic mass is 9.68. The van der Waals surface area contributed by atoms with E-state index in [1.54, 1.807) is 49.6 Å². The van der Waals surface area contributed by atoms with Crippen LogP contribution in [0.1, 0.15) is 22.6 Å². The molecule has 2 aliphatic rings. The molecule has 1 fully saturated rings. The largest absolute Gasteiger partial charge is 0.497 e. The molecule has 5 atom stereocenters. The van der Waals surface area contributed by atoms with E-state index in [4.69, 9.17) is 23.7 Å². The Balaban J connectivity index is 1.95. The number of carbonyl (C=O) groups excluding carboxylic acids is 2. The van der Waals surface area contributed by atoms with Gasteiger partial charge in [-0.15, -0.1) is 0 Å². The van der Waals surface area contributed by atoms with Gasteiger partial charge in [-0.1, -0.05) is 48.5 Å². The zero-order valence-corrected chi connectivity index (χ0v) is 24.6. The molecule has 0 amide bonds. The van der Waals surface area contributed by atoms with Crippen molar-refractivity contribution >= 4 is 17.6 Å². The smallest absolute Gasteiger partial charge is 0.330 e. The summed E-state index contributed by atoms with van der Waals surface area (Å²) < 4.78 is 26.9. The molecule has 1 saturated carbocycles. The van der Waals surface area contributed by atoms with Crippen LogP contribution < -0.4 is 19.1 Å². The molecule has 2 N–H and O–H groups in total. The first-order chi connectivity index (χ1) is 20.7. The van der Waals surface area contributed by atoms with Crippen LogP contribution in [0.3, 0.4) is 0 Å². The van der Waals surface area contributed by atoms with Gasteiger partial charge in [-0.3, -0.25) is 4.79 Å². The molecule has 5 rings (SSSR count). The Morgan fingerprint density at radius 2 is 1.56 bits per heavy atom. The molecule has 0 aromatic heterocycles. The van der Waals surface area contributed by atoms with Gasteiger partial charge in [0.1, 0.15) is 34.5 Å². The number of fused-ring (bicyclic) bond motifs is 3. The lowest BCUT2D eigenvalue weighted by Gasteiger charge is -2.48. The fourth-order valence-electron chi connectivity index (χ4n) is 6.99. The highest BCUT2D eigenvalue weighted by molar-refractivity contribution is 5.84. The van der Waals surface area contributed by atoms with Crippen LogP contribution in [0.25, 0.3) is 0 Å². The molecule has 1 heterocycles. The first-order valence-corrected chi connectivity index (χ1v) is 13.7. The number of aliphatic hydroxyl groups excluding tert-OH is 1. The Morgan fingerprint density at radius 3 is 2.14 bits per heavy atom. The maximum Gasteiger partial charge on any atom is 0.330 e. The van der Waals surface area contributed by atoms with Crippen LogP contribution in [-0.2, 0) is 30.2 Å². The maximum atomic E-state index is 13.6. The third kappa shape index (κ3) is 4.32. The molecular formula is C33H35NO9. The molecule has 1 aliphatic heterocycles. The van der Waals surface area contributed by atoms with Crippen molar-refractivity contribution in [2.75, 3.05) is 47.0 Å². The summed E-state index contributed by atoms with van der Waals surface area (Å²) in [5.41, 5.74) is -1.64. The number of carbonyl (C=O) groups is 2. The second kappa shape index (κ2) is 11.6. The van der Waals surface area contributed by atoms with E-state index in [2.05, 4.69) is 0 Å². The lowest BCUT2D eigenvalue weighted by Crippen LogP contribution is -2.57. The molecule has 3 aromatic rings. The van der Waals surface area contributed by atoms with Gasteiger partial charge in [0.15, 0.2) is 0 Å². The summed E-state index contributed by atoms with van der Waals surface area (Å²) in [6.07, 6.45) is 1.25. The highest BCUT2D eigenvalue weighted by Crippen LogP contribution is 2.72. The molecule has 0 spiro atoms. The van der Waals surface area contributed by atoms with E-state index < -0.39 is 41.0 Å². The van der Waals surface area contributed by atoms with Gasteiger partial charge in [-0.25, -0.2) is 4.79 Å². The number of anilines is 1. The van der Waals surface area contributed by atoms with E-state index >= 15 is 0 Å². The standard InChI is InChI=1S/C33H35NO9/c1-39-22-15-13-21(14-16-22)32-28(20-10-7-6-8-11-20)27(31(37)43-5)30(36)33(32,38)29-24(18-23(40-2)19-25(29)41-3)34(32)17-9-12-26(35)42-4/h6-16,18-19,27-28,30,36,38H,17H2,1-5H3/b12-9+/t27-,28-,30-,32+,33+/m1/s1. The first-order valence-electron chi connectivity index (χ1n) is 13.7. The van der Waals surface area contributed by atoms with Gasteiger partial charge in [0, 0.05) is 30.7 Å². The van der Waals surface area contributed by atoms with E-state index in [0.29, 0.717) is 28.3 Å². The van der Waals surface area contributed by atoms with E-state index in [1.807, 2.05) is 35.2 Å². The number of nitrogens with zero attached hydrogens (tertiary/aromatic N) is 1. The predicted octanol–water partition coefficient (Wildman–Crippen LogP) is 3.29. The average Bonchev–Trinajstić information content (AvgIpc) is 3.40. The highest BCUT2D eigenvalue weighted by Gasteiger charge is 2.78. The van der Waals surface area contributed by atoms with Crippen LogP contribution in [0.4, 0.5) is 5.69 Å².